The normalized spacial score (nSPS) is 15.1. The van der Waals surface area contributed by atoms with Crippen LogP contribution in [0.4, 0.5) is 11.5 Å². The predicted molar refractivity (Wildman–Crippen MR) is 111 cm³/mol. The summed E-state index contributed by atoms with van der Waals surface area (Å²) in [6.45, 7) is 3.52. The molecule has 1 aliphatic heterocycles. The number of benzene rings is 2. The number of hydrogen-bond donors (Lipinski definition) is 2. The number of carbonyl (C=O) groups is 1. The Hall–Kier alpha value is -3.45. The van der Waals surface area contributed by atoms with Crippen LogP contribution >= 0.6 is 0 Å². The molecule has 1 aliphatic rings. The minimum atomic E-state index is -0.552. The fourth-order valence-electron chi connectivity index (χ4n) is 3.73. The summed E-state index contributed by atoms with van der Waals surface area (Å²) in [5.41, 5.74) is 4.58. The number of carbonyl (C=O) groups excluding carboxylic acids is 1. The van der Waals surface area contributed by atoms with Crippen LogP contribution in [-0.4, -0.2) is 47.3 Å². The van der Waals surface area contributed by atoms with Crippen molar-refractivity contribution in [2.45, 2.75) is 5.92 Å². The lowest BCUT2D eigenvalue weighted by atomic mass is 9.90. The molecule has 0 saturated carbocycles. The average Bonchev–Trinajstić information content (AvgIpc) is 2.81. The molecule has 148 valence electrons. The number of nitrogens with one attached hydrogen (secondary N) is 1. The molecule has 0 aliphatic carbocycles. The molecule has 0 bridgehead atoms. The van der Waals surface area contributed by atoms with Gasteiger partial charge in [0.2, 0.25) is 0 Å². The number of piperazine rings is 1. The van der Waals surface area contributed by atoms with Gasteiger partial charge in [0.05, 0.1) is 12.1 Å². The molecular formula is C22H23N5O2. The second-order valence-electron chi connectivity index (χ2n) is 6.95. The monoisotopic (exact) mass is 389 g/mol. The minimum absolute atomic E-state index is 0.443. The highest BCUT2D eigenvalue weighted by Crippen LogP contribution is 2.27. The van der Waals surface area contributed by atoms with E-state index in [1.165, 1.54) is 0 Å². The van der Waals surface area contributed by atoms with Gasteiger partial charge in [-0.1, -0.05) is 42.5 Å². The zero-order valence-corrected chi connectivity index (χ0v) is 16.0. The summed E-state index contributed by atoms with van der Waals surface area (Å²) in [5, 5.41) is 9.18. The molecular weight excluding hydrogens is 366 g/mol. The number of rotatable bonds is 5. The molecule has 4 rings (SSSR count). The van der Waals surface area contributed by atoms with Crippen molar-refractivity contribution in [3.8, 4) is 0 Å². The average molecular weight is 389 g/mol. The Labute approximate surface area is 169 Å². The molecule has 0 spiro atoms. The molecule has 1 unspecified atom stereocenters. The lowest BCUT2D eigenvalue weighted by molar-refractivity contribution is -0.129. The van der Waals surface area contributed by atoms with Gasteiger partial charge in [-0.3, -0.25) is 15.0 Å². The van der Waals surface area contributed by atoms with Gasteiger partial charge in [0.25, 0.3) is 5.91 Å². The summed E-state index contributed by atoms with van der Waals surface area (Å²) in [7, 11) is 0. The highest BCUT2D eigenvalue weighted by molar-refractivity contribution is 5.86. The van der Waals surface area contributed by atoms with Crippen LogP contribution in [0.1, 0.15) is 17.0 Å². The van der Waals surface area contributed by atoms with Gasteiger partial charge in [0, 0.05) is 44.3 Å². The molecule has 1 amide bonds. The maximum atomic E-state index is 12.3. The number of aromatic nitrogens is 2. The van der Waals surface area contributed by atoms with Crippen LogP contribution in [0.25, 0.3) is 0 Å². The number of hydroxylamine groups is 1. The number of nitrogens with zero attached hydrogens (tertiary/aromatic N) is 4. The first-order chi connectivity index (χ1) is 14.3. The van der Waals surface area contributed by atoms with E-state index in [9.17, 15) is 10.0 Å². The largest absolute Gasteiger partial charge is 0.368 e. The fraction of sp³-hybridized carbons (Fsp3) is 0.227. The zero-order valence-electron chi connectivity index (χ0n) is 16.0. The number of hydrogen-bond acceptors (Lipinski definition) is 6. The van der Waals surface area contributed by atoms with Crippen LogP contribution in [0.2, 0.25) is 0 Å². The van der Waals surface area contributed by atoms with E-state index in [0.717, 1.165) is 48.8 Å². The first-order valence-electron chi connectivity index (χ1n) is 9.61. The van der Waals surface area contributed by atoms with Crippen LogP contribution in [0.15, 0.2) is 73.2 Å². The Morgan fingerprint density at radius 2 is 1.55 bits per heavy atom. The van der Waals surface area contributed by atoms with Crippen molar-refractivity contribution in [1.82, 2.24) is 15.4 Å². The highest BCUT2D eigenvalue weighted by Gasteiger charge is 2.23. The number of amides is 1. The lowest BCUT2D eigenvalue weighted by Crippen LogP contribution is -2.46. The lowest BCUT2D eigenvalue weighted by Gasteiger charge is -2.36. The van der Waals surface area contributed by atoms with Gasteiger partial charge < -0.3 is 9.80 Å². The van der Waals surface area contributed by atoms with Crippen molar-refractivity contribution in [3.63, 3.8) is 0 Å². The standard InChI is InChI=1S/C22H23N5O2/c28-22(25-29)21(17-4-2-1-3-5-17)18-6-8-19(9-7-18)26-12-14-27(15-13-26)20-16-23-10-11-24-20/h1-11,16,21,29H,12-15H2,(H,25,28). The van der Waals surface area contributed by atoms with E-state index in [1.807, 2.05) is 54.6 Å². The van der Waals surface area contributed by atoms with Crippen molar-refractivity contribution in [2.75, 3.05) is 36.0 Å². The summed E-state index contributed by atoms with van der Waals surface area (Å²) in [6.07, 6.45) is 5.19. The molecule has 1 aromatic heterocycles. The zero-order chi connectivity index (χ0) is 20.1. The van der Waals surface area contributed by atoms with Gasteiger partial charge in [-0.15, -0.1) is 0 Å². The Kier molecular flexibility index (Phi) is 5.67. The van der Waals surface area contributed by atoms with Gasteiger partial charge in [-0.25, -0.2) is 10.5 Å². The first kappa shape index (κ1) is 18.9. The van der Waals surface area contributed by atoms with Crippen molar-refractivity contribution >= 4 is 17.4 Å². The maximum Gasteiger partial charge on any atom is 0.255 e. The van der Waals surface area contributed by atoms with Gasteiger partial charge in [0.1, 0.15) is 5.82 Å². The molecule has 1 saturated heterocycles. The molecule has 0 radical (unpaired) electrons. The third-order valence-corrected chi connectivity index (χ3v) is 5.25. The maximum absolute atomic E-state index is 12.3. The summed E-state index contributed by atoms with van der Waals surface area (Å²) < 4.78 is 0. The van der Waals surface area contributed by atoms with E-state index in [0.29, 0.717) is 0 Å². The van der Waals surface area contributed by atoms with Crippen molar-refractivity contribution in [3.05, 3.63) is 84.3 Å². The van der Waals surface area contributed by atoms with Gasteiger partial charge in [-0.2, -0.15) is 0 Å². The highest BCUT2D eigenvalue weighted by atomic mass is 16.5. The molecule has 1 fully saturated rings. The SMILES string of the molecule is O=C(NO)C(c1ccccc1)c1ccc(N2CCN(c3cnccn3)CC2)cc1. The van der Waals surface area contributed by atoms with E-state index >= 15 is 0 Å². The van der Waals surface area contributed by atoms with Gasteiger partial charge in [0.15, 0.2) is 0 Å². The second kappa shape index (κ2) is 8.70. The molecule has 1 atom stereocenters. The van der Waals surface area contributed by atoms with Crippen molar-refractivity contribution < 1.29 is 10.0 Å². The van der Waals surface area contributed by atoms with E-state index in [2.05, 4.69) is 19.8 Å². The van der Waals surface area contributed by atoms with Crippen molar-refractivity contribution in [1.29, 1.82) is 0 Å². The summed E-state index contributed by atoms with van der Waals surface area (Å²) >= 11 is 0. The van der Waals surface area contributed by atoms with Crippen LogP contribution in [0, 0.1) is 0 Å². The molecule has 2 aromatic carbocycles. The smallest absolute Gasteiger partial charge is 0.255 e. The van der Waals surface area contributed by atoms with Crippen molar-refractivity contribution in [2.24, 2.45) is 0 Å². The van der Waals surface area contributed by atoms with E-state index in [4.69, 9.17) is 0 Å². The van der Waals surface area contributed by atoms with Crippen LogP contribution in [0.5, 0.6) is 0 Å². The summed E-state index contributed by atoms with van der Waals surface area (Å²) in [4.78, 5) is 25.3. The molecule has 2 heterocycles. The fourth-order valence-corrected chi connectivity index (χ4v) is 3.73. The predicted octanol–water partition coefficient (Wildman–Crippen LogP) is 2.44. The Bertz CT molecular complexity index is 926. The minimum Gasteiger partial charge on any atom is -0.368 e. The quantitative estimate of drug-likeness (QED) is 0.515. The Morgan fingerprint density at radius 1 is 0.897 bits per heavy atom. The van der Waals surface area contributed by atoms with Gasteiger partial charge >= 0.3 is 0 Å². The molecule has 29 heavy (non-hydrogen) atoms. The molecule has 7 heteroatoms. The van der Waals surface area contributed by atoms with Gasteiger partial charge in [-0.05, 0) is 23.3 Å². The Balaban J connectivity index is 1.47. The van der Waals surface area contributed by atoms with Crippen LogP contribution < -0.4 is 15.3 Å². The first-order valence-corrected chi connectivity index (χ1v) is 9.61. The molecule has 7 nitrogen and oxygen atoms in total. The topological polar surface area (TPSA) is 81.6 Å². The molecule has 3 aromatic rings. The van der Waals surface area contributed by atoms with E-state index < -0.39 is 11.8 Å². The van der Waals surface area contributed by atoms with Crippen LogP contribution in [-0.2, 0) is 4.79 Å². The van der Waals surface area contributed by atoms with E-state index in [1.54, 1.807) is 24.1 Å². The van der Waals surface area contributed by atoms with Crippen LogP contribution in [0.3, 0.4) is 0 Å². The third-order valence-electron chi connectivity index (χ3n) is 5.25. The molecule has 2 N–H and O–H groups in total. The summed E-state index contributed by atoms with van der Waals surface area (Å²) in [6, 6.07) is 17.4. The summed E-state index contributed by atoms with van der Waals surface area (Å²) in [5.74, 6) is -0.0893. The van der Waals surface area contributed by atoms with E-state index in [-0.39, 0.29) is 0 Å². The second-order valence-corrected chi connectivity index (χ2v) is 6.95. The third kappa shape index (κ3) is 4.20. The Morgan fingerprint density at radius 3 is 2.17 bits per heavy atom. The number of anilines is 2.